The average Bonchev–Trinajstić information content (AvgIpc) is 2.49. The van der Waals surface area contributed by atoms with Crippen LogP contribution in [0.3, 0.4) is 0 Å². The van der Waals surface area contributed by atoms with E-state index in [9.17, 15) is 4.79 Å². The van der Waals surface area contributed by atoms with E-state index in [0.717, 1.165) is 30.5 Å². The molecular weight excluding hydrogens is 260 g/mol. The molecular formula is C18H22N2O. The summed E-state index contributed by atoms with van der Waals surface area (Å²) in [5.41, 5.74) is 3.19. The van der Waals surface area contributed by atoms with Gasteiger partial charge in [-0.3, -0.25) is 14.7 Å². The topological polar surface area (TPSA) is 33.2 Å². The smallest absolute Gasteiger partial charge is 0.176 e. The number of benzene rings is 1. The molecule has 2 rings (SSSR count). The van der Waals surface area contributed by atoms with Crippen LogP contribution in [0.5, 0.6) is 0 Å². The van der Waals surface area contributed by atoms with Gasteiger partial charge in [-0.25, -0.2) is 0 Å². The van der Waals surface area contributed by atoms with Gasteiger partial charge < -0.3 is 0 Å². The molecule has 0 aliphatic heterocycles. The number of aryl methyl sites for hydroxylation is 1. The molecule has 2 aromatic rings. The lowest BCUT2D eigenvalue weighted by Gasteiger charge is -2.15. The largest absolute Gasteiger partial charge is 0.295 e. The van der Waals surface area contributed by atoms with Crippen molar-refractivity contribution in [1.29, 1.82) is 0 Å². The monoisotopic (exact) mass is 282 g/mol. The Morgan fingerprint density at radius 3 is 2.52 bits per heavy atom. The summed E-state index contributed by atoms with van der Waals surface area (Å²) in [7, 11) is 1.95. The van der Waals surface area contributed by atoms with Crippen molar-refractivity contribution in [1.82, 2.24) is 9.88 Å². The molecule has 3 nitrogen and oxygen atoms in total. The molecule has 0 atom stereocenters. The zero-order valence-electron chi connectivity index (χ0n) is 12.7. The van der Waals surface area contributed by atoms with Crippen LogP contribution < -0.4 is 0 Å². The molecule has 0 aliphatic carbocycles. The second-order valence-electron chi connectivity index (χ2n) is 5.40. The van der Waals surface area contributed by atoms with Crippen molar-refractivity contribution in [2.75, 3.05) is 13.6 Å². The summed E-state index contributed by atoms with van der Waals surface area (Å²) in [6.07, 6.45) is 5.78. The minimum Gasteiger partial charge on any atom is -0.295 e. The highest BCUT2D eigenvalue weighted by molar-refractivity contribution is 5.97. The van der Waals surface area contributed by atoms with Crippen LogP contribution in [0.2, 0.25) is 0 Å². The third-order valence-electron chi connectivity index (χ3n) is 3.40. The van der Waals surface area contributed by atoms with Crippen LogP contribution in [-0.4, -0.2) is 29.3 Å². The maximum absolute atomic E-state index is 12.3. The van der Waals surface area contributed by atoms with E-state index in [1.165, 1.54) is 5.56 Å². The molecule has 0 saturated heterocycles. The number of ketones is 1. The van der Waals surface area contributed by atoms with E-state index in [1.54, 1.807) is 6.20 Å². The van der Waals surface area contributed by atoms with E-state index in [1.807, 2.05) is 42.4 Å². The molecule has 0 aliphatic rings. The zero-order chi connectivity index (χ0) is 15.1. The Kier molecular flexibility index (Phi) is 5.64. The SMILES string of the molecule is CCCc1ccc(C(=O)CN(C)Cc2cccnc2)cc1. The van der Waals surface area contributed by atoms with E-state index in [-0.39, 0.29) is 5.78 Å². The molecule has 1 aromatic carbocycles. The fourth-order valence-corrected chi connectivity index (χ4v) is 2.34. The lowest BCUT2D eigenvalue weighted by atomic mass is 10.1. The first-order valence-electron chi connectivity index (χ1n) is 7.38. The summed E-state index contributed by atoms with van der Waals surface area (Å²) < 4.78 is 0. The normalized spacial score (nSPS) is 10.8. The number of likely N-dealkylation sites (N-methyl/N-ethyl adjacent to an activating group) is 1. The molecule has 0 amide bonds. The van der Waals surface area contributed by atoms with Crippen LogP contribution in [0.15, 0.2) is 48.8 Å². The minimum absolute atomic E-state index is 0.157. The lowest BCUT2D eigenvalue weighted by Crippen LogP contribution is -2.25. The van der Waals surface area contributed by atoms with Crippen LogP contribution in [0.4, 0.5) is 0 Å². The number of aromatic nitrogens is 1. The second-order valence-corrected chi connectivity index (χ2v) is 5.40. The number of hydrogen-bond acceptors (Lipinski definition) is 3. The molecule has 21 heavy (non-hydrogen) atoms. The van der Waals surface area contributed by atoms with E-state index in [0.29, 0.717) is 6.54 Å². The van der Waals surface area contributed by atoms with E-state index >= 15 is 0 Å². The van der Waals surface area contributed by atoms with Gasteiger partial charge in [-0.2, -0.15) is 0 Å². The van der Waals surface area contributed by atoms with Crippen molar-refractivity contribution in [3.8, 4) is 0 Å². The summed E-state index contributed by atoms with van der Waals surface area (Å²) in [6.45, 7) is 3.31. The van der Waals surface area contributed by atoms with Crippen LogP contribution in [0.25, 0.3) is 0 Å². The standard InChI is InChI=1S/C18H22N2O/c1-3-5-15-7-9-17(10-8-15)18(21)14-20(2)13-16-6-4-11-19-12-16/h4,6-12H,3,5,13-14H2,1-2H3. The van der Waals surface area contributed by atoms with Gasteiger partial charge in [-0.15, -0.1) is 0 Å². The number of hydrogen-bond donors (Lipinski definition) is 0. The Balaban J connectivity index is 1.91. The molecule has 1 aromatic heterocycles. The highest BCUT2D eigenvalue weighted by Gasteiger charge is 2.09. The van der Waals surface area contributed by atoms with Gasteiger partial charge in [0.15, 0.2) is 5.78 Å². The van der Waals surface area contributed by atoms with E-state index in [4.69, 9.17) is 0 Å². The van der Waals surface area contributed by atoms with Crippen molar-refractivity contribution < 1.29 is 4.79 Å². The number of carbonyl (C=O) groups is 1. The molecule has 0 radical (unpaired) electrons. The molecule has 110 valence electrons. The van der Waals surface area contributed by atoms with Gasteiger partial charge in [-0.1, -0.05) is 43.7 Å². The number of carbonyl (C=O) groups excluding carboxylic acids is 1. The van der Waals surface area contributed by atoms with Gasteiger partial charge in [0.05, 0.1) is 6.54 Å². The number of nitrogens with zero attached hydrogens (tertiary/aromatic N) is 2. The first-order chi connectivity index (χ1) is 10.2. The average molecular weight is 282 g/mol. The molecule has 0 N–H and O–H groups in total. The van der Waals surface area contributed by atoms with Crippen LogP contribution in [-0.2, 0) is 13.0 Å². The quantitative estimate of drug-likeness (QED) is 0.730. The predicted octanol–water partition coefficient (Wildman–Crippen LogP) is 3.35. The Hall–Kier alpha value is -2.00. The van der Waals surface area contributed by atoms with E-state index in [2.05, 4.69) is 24.0 Å². The second kappa shape index (κ2) is 7.70. The van der Waals surface area contributed by atoms with E-state index < -0.39 is 0 Å². The van der Waals surface area contributed by atoms with Gasteiger partial charge in [0.2, 0.25) is 0 Å². The maximum atomic E-state index is 12.3. The molecule has 0 unspecified atom stereocenters. The summed E-state index contributed by atoms with van der Waals surface area (Å²) in [6, 6.07) is 11.9. The Bertz CT molecular complexity index is 564. The van der Waals surface area contributed by atoms with Gasteiger partial charge in [0, 0.05) is 24.5 Å². The van der Waals surface area contributed by atoms with Crippen molar-refractivity contribution in [3.05, 3.63) is 65.5 Å². The van der Waals surface area contributed by atoms with Crippen LogP contribution in [0.1, 0.15) is 34.8 Å². The number of rotatable bonds is 7. The summed E-state index contributed by atoms with van der Waals surface area (Å²) in [4.78, 5) is 18.4. The minimum atomic E-state index is 0.157. The van der Waals surface area contributed by atoms with Gasteiger partial charge in [0.25, 0.3) is 0 Å². The molecule has 0 bridgehead atoms. The third-order valence-corrected chi connectivity index (χ3v) is 3.40. The maximum Gasteiger partial charge on any atom is 0.176 e. The first-order valence-corrected chi connectivity index (χ1v) is 7.38. The van der Waals surface area contributed by atoms with Gasteiger partial charge in [-0.05, 0) is 30.7 Å². The highest BCUT2D eigenvalue weighted by Crippen LogP contribution is 2.09. The van der Waals surface area contributed by atoms with Crippen molar-refractivity contribution in [3.63, 3.8) is 0 Å². The van der Waals surface area contributed by atoms with Crippen LogP contribution in [0, 0.1) is 0 Å². The highest BCUT2D eigenvalue weighted by atomic mass is 16.1. The first kappa shape index (κ1) is 15.4. The molecule has 0 spiro atoms. The summed E-state index contributed by atoms with van der Waals surface area (Å²) in [5.74, 6) is 0.157. The molecule has 0 saturated carbocycles. The van der Waals surface area contributed by atoms with Crippen molar-refractivity contribution in [2.24, 2.45) is 0 Å². The molecule has 3 heteroatoms. The molecule has 1 heterocycles. The molecule has 0 fully saturated rings. The zero-order valence-corrected chi connectivity index (χ0v) is 12.7. The fraction of sp³-hybridized carbons (Fsp3) is 0.333. The lowest BCUT2D eigenvalue weighted by molar-refractivity contribution is 0.0943. The summed E-state index contributed by atoms with van der Waals surface area (Å²) >= 11 is 0. The van der Waals surface area contributed by atoms with Crippen molar-refractivity contribution in [2.45, 2.75) is 26.3 Å². The van der Waals surface area contributed by atoms with Crippen molar-refractivity contribution >= 4 is 5.78 Å². The third kappa shape index (κ3) is 4.80. The predicted molar refractivity (Wildman–Crippen MR) is 85.3 cm³/mol. The number of Topliss-reactive ketones (excluding diaryl/α,β-unsaturated/α-hetero) is 1. The Morgan fingerprint density at radius 1 is 1.14 bits per heavy atom. The number of pyridine rings is 1. The van der Waals surface area contributed by atoms with Crippen LogP contribution >= 0.6 is 0 Å². The van der Waals surface area contributed by atoms with Gasteiger partial charge >= 0.3 is 0 Å². The fourth-order valence-electron chi connectivity index (χ4n) is 2.34. The summed E-state index contributed by atoms with van der Waals surface area (Å²) in [5, 5.41) is 0. The Morgan fingerprint density at radius 2 is 1.90 bits per heavy atom. The van der Waals surface area contributed by atoms with Gasteiger partial charge in [0.1, 0.15) is 0 Å². The Labute approximate surface area is 126 Å².